The van der Waals surface area contributed by atoms with E-state index in [-0.39, 0.29) is 5.92 Å². The molecule has 0 bridgehead atoms. The van der Waals surface area contributed by atoms with Crippen LogP contribution in [0.2, 0.25) is 0 Å². The zero-order chi connectivity index (χ0) is 8.55. The average molecular weight is 164 g/mol. The molecule has 0 radical (unpaired) electrons. The van der Waals surface area contributed by atoms with E-state index in [1.54, 1.807) is 13.3 Å². The van der Waals surface area contributed by atoms with Crippen molar-refractivity contribution in [1.82, 2.24) is 9.97 Å². The van der Waals surface area contributed by atoms with Crippen molar-refractivity contribution in [3.8, 4) is 0 Å². The zero-order valence-electron chi connectivity index (χ0n) is 7.13. The Hall–Kier alpha value is -1.12. The first-order valence-corrected chi connectivity index (χ1v) is 4.29. The van der Waals surface area contributed by atoms with Crippen molar-refractivity contribution in [2.24, 2.45) is 5.92 Å². The van der Waals surface area contributed by atoms with E-state index in [0.29, 0.717) is 5.78 Å². The summed E-state index contributed by atoms with van der Waals surface area (Å²) < 4.78 is 0. The molecule has 3 nitrogen and oxygen atoms in total. The van der Waals surface area contributed by atoms with Crippen LogP contribution >= 0.6 is 0 Å². The first-order chi connectivity index (χ1) is 5.77. The second kappa shape index (κ2) is 2.73. The largest absolute Gasteiger partial charge is 0.348 e. The summed E-state index contributed by atoms with van der Waals surface area (Å²) in [5.74, 6) is 0.504. The van der Waals surface area contributed by atoms with Crippen LogP contribution in [0.4, 0.5) is 0 Å². The van der Waals surface area contributed by atoms with Crippen LogP contribution < -0.4 is 0 Å². The topological polar surface area (TPSA) is 45.8 Å². The Morgan fingerprint density at radius 2 is 2.58 bits per heavy atom. The molecule has 3 heteroatoms. The Balaban J connectivity index is 2.20. The van der Waals surface area contributed by atoms with Gasteiger partial charge in [0.1, 0.15) is 5.78 Å². The number of fused-ring (bicyclic) bond motifs is 1. The Morgan fingerprint density at radius 3 is 3.33 bits per heavy atom. The maximum Gasteiger partial charge on any atom is 0.133 e. The van der Waals surface area contributed by atoms with E-state index in [1.165, 1.54) is 5.69 Å². The van der Waals surface area contributed by atoms with Gasteiger partial charge in [-0.25, -0.2) is 4.98 Å². The Morgan fingerprint density at radius 1 is 1.75 bits per heavy atom. The SMILES string of the molecule is CC(=O)[C@@H]1CCc2[nH]cnc2C1. The molecule has 1 aliphatic rings. The summed E-state index contributed by atoms with van der Waals surface area (Å²) in [5.41, 5.74) is 2.30. The number of H-pyrrole nitrogens is 1. The first-order valence-electron chi connectivity index (χ1n) is 4.29. The van der Waals surface area contributed by atoms with Crippen molar-refractivity contribution in [3.05, 3.63) is 17.7 Å². The summed E-state index contributed by atoms with van der Waals surface area (Å²) in [7, 11) is 0. The van der Waals surface area contributed by atoms with E-state index in [9.17, 15) is 4.79 Å². The fraction of sp³-hybridized carbons (Fsp3) is 0.556. The summed E-state index contributed by atoms with van der Waals surface area (Å²) in [6.45, 7) is 1.67. The van der Waals surface area contributed by atoms with Gasteiger partial charge in [0.05, 0.1) is 12.0 Å². The van der Waals surface area contributed by atoms with Gasteiger partial charge in [0.15, 0.2) is 0 Å². The number of nitrogens with zero attached hydrogens (tertiary/aromatic N) is 1. The molecule has 1 aromatic heterocycles. The number of aryl methyl sites for hydroxylation is 1. The minimum Gasteiger partial charge on any atom is -0.348 e. The van der Waals surface area contributed by atoms with E-state index in [0.717, 1.165) is 25.0 Å². The van der Waals surface area contributed by atoms with E-state index >= 15 is 0 Å². The zero-order valence-corrected chi connectivity index (χ0v) is 7.13. The molecular weight excluding hydrogens is 152 g/mol. The lowest BCUT2D eigenvalue weighted by Gasteiger charge is -2.17. The number of rotatable bonds is 1. The van der Waals surface area contributed by atoms with Crippen LogP contribution in [-0.2, 0) is 17.6 Å². The molecule has 0 unspecified atom stereocenters. The fourth-order valence-electron chi connectivity index (χ4n) is 1.74. The summed E-state index contributed by atoms with van der Waals surface area (Å²) in [5, 5.41) is 0. The van der Waals surface area contributed by atoms with Crippen LogP contribution in [0.1, 0.15) is 24.7 Å². The molecule has 1 N–H and O–H groups in total. The highest BCUT2D eigenvalue weighted by molar-refractivity contribution is 5.78. The number of hydrogen-bond acceptors (Lipinski definition) is 2. The molecule has 64 valence electrons. The van der Waals surface area contributed by atoms with Gasteiger partial charge in [-0.1, -0.05) is 0 Å². The predicted octanol–water partition coefficient (Wildman–Crippen LogP) is 1.10. The van der Waals surface area contributed by atoms with E-state index in [2.05, 4.69) is 9.97 Å². The molecular formula is C9H12N2O. The first kappa shape index (κ1) is 7.53. The van der Waals surface area contributed by atoms with Crippen LogP contribution in [0.15, 0.2) is 6.33 Å². The highest BCUT2D eigenvalue weighted by atomic mass is 16.1. The molecule has 1 heterocycles. The number of carbonyl (C=O) groups is 1. The van der Waals surface area contributed by atoms with Crippen LogP contribution in [0.3, 0.4) is 0 Å². The molecule has 1 aromatic rings. The molecule has 0 amide bonds. The molecule has 0 spiro atoms. The standard InChI is InChI=1S/C9H12N2O/c1-6(12)7-2-3-8-9(4-7)11-5-10-8/h5,7H,2-4H2,1H3,(H,10,11)/t7-/m1/s1. The summed E-state index contributed by atoms with van der Waals surface area (Å²) in [6, 6.07) is 0. The Bertz CT molecular complexity index is 303. The molecule has 1 aliphatic carbocycles. The van der Waals surface area contributed by atoms with E-state index in [4.69, 9.17) is 0 Å². The van der Waals surface area contributed by atoms with Crippen LogP contribution in [-0.4, -0.2) is 15.8 Å². The van der Waals surface area contributed by atoms with Gasteiger partial charge in [-0.05, 0) is 19.8 Å². The number of imidazole rings is 1. The summed E-state index contributed by atoms with van der Waals surface area (Å²) in [6.07, 6.45) is 4.49. The highest BCUT2D eigenvalue weighted by Crippen LogP contribution is 2.22. The predicted molar refractivity (Wildman–Crippen MR) is 44.8 cm³/mol. The Labute approximate surface area is 71.2 Å². The minimum atomic E-state index is 0.209. The molecule has 0 saturated carbocycles. The third kappa shape index (κ3) is 1.15. The number of carbonyl (C=O) groups excluding carboxylic acids is 1. The van der Waals surface area contributed by atoms with Crippen molar-refractivity contribution in [1.29, 1.82) is 0 Å². The van der Waals surface area contributed by atoms with Gasteiger partial charge in [0.2, 0.25) is 0 Å². The minimum absolute atomic E-state index is 0.209. The fourth-order valence-corrected chi connectivity index (χ4v) is 1.74. The van der Waals surface area contributed by atoms with Gasteiger partial charge in [-0.2, -0.15) is 0 Å². The number of aromatic nitrogens is 2. The lowest BCUT2D eigenvalue weighted by molar-refractivity contribution is -0.121. The van der Waals surface area contributed by atoms with Crippen molar-refractivity contribution >= 4 is 5.78 Å². The normalized spacial score (nSPS) is 21.9. The van der Waals surface area contributed by atoms with Gasteiger partial charge in [-0.15, -0.1) is 0 Å². The van der Waals surface area contributed by atoms with Gasteiger partial charge in [0, 0.05) is 18.0 Å². The van der Waals surface area contributed by atoms with Crippen LogP contribution in [0, 0.1) is 5.92 Å². The average Bonchev–Trinajstić information content (AvgIpc) is 2.49. The monoisotopic (exact) mass is 164 g/mol. The molecule has 0 saturated heterocycles. The smallest absolute Gasteiger partial charge is 0.133 e. The van der Waals surface area contributed by atoms with E-state index in [1.807, 2.05) is 0 Å². The van der Waals surface area contributed by atoms with Crippen molar-refractivity contribution in [3.63, 3.8) is 0 Å². The van der Waals surface area contributed by atoms with Gasteiger partial charge in [-0.3, -0.25) is 4.79 Å². The highest BCUT2D eigenvalue weighted by Gasteiger charge is 2.23. The maximum absolute atomic E-state index is 11.1. The molecule has 0 aliphatic heterocycles. The number of Topliss-reactive ketones (excluding diaryl/α,β-unsaturated/α-hetero) is 1. The van der Waals surface area contributed by atoms with Gasteiger partial charge >= 0.3 is 0 Å². The Kier molecular flexibility index (Phi) is 1.71. The number of nitrogens with one attached hydrogen (secondary N) is 1. The third-order valence-corrected chi connectivity index (χ3v) is 2.56. The molecule has 0 aromatic carbocycles. The second-order valence-electron chi connectivity index (χ2n) is 3.38. The molecule has 1 atom stereocenters. The van der Waals surface area contributed by atoms with Crippen molar-refractivity contribution < 1.29 is 4.79 Å². The lowest BCUT2D eigenvalue weighted by Crippen LogP contribution is -2.20. The second-order valence-corrected chi connectivity index (χ2v) is 3.38. The van der Waals surface area contributed by atoms with Gasteiger partial charge < -0.3 is 4.98 Å². The number of aromatic amines is 1. The number of ketones is 1. The van der Waals surface area contributed by atoms with Crippen LogP contribution in [0.25, 0.3) is 0 Å². The third-order valence-electron chi connectivity index (χ3n) is 2.56. The summed E-state index contributed by atoms with van der Waals surface area (Å²) in [4.78, 5) is 18.4. The maximum atomic E-state index is 11.1. The molecule has 12 heavy (non-hydrogen) atoms. The lowest BCUT2D eigenvalue weighted by atomic mass is 9.87. The van der Waals surface area contributed by atoms with Crippen molar-refractivity contribution in [2.75, 3.05) is 0 Å². The number of hydrogen-bond donors (Lipinski definition) is 1. The quantitative estimate of drug-likeness (QED) is 0.675. The van der Waals surface area contributed by atoms with Crippen LogP contribution in [0.5, 0.6) is 0 Å². The van der Waals surface area contributed by atoms with Gasteiger partial charge in [0.25, 0.3) is 0 Å². The molecule has 0 fully saturated rings. The molecule has 2 rings (SSSR count). The van der Waals surface area contributed by atoms with E-state index < -0.39 is 0 Å². The summed E-state index contributed by atoms with van der Waals surface area (Å²) >= 11 is 0. The van der Waals surface area contributed by atoms with Crippen molar-refractivity contribution in [2.45, 2.75) is 26.2 Å².